The maximum Gasteiger partial charge on any atom is 0.232 e. The Bertz CT molecular complexity index is 1090. The van der Waals surface area contributed by atoms with Crippen molar-refractivity contribution in [2.45, 2.75) is 6.92 Å². The van der Waals surface area contributed by atoms with Crippen LogP contribution in [0.1, 0.15) is 12.5 Å². The summed E-state index contributed by atoms with van der Waals surface area (Å²) in [6.45, 7) is 2.32. The molecule has 0 saturated carbocycles. The molecule has 0 aliphatic heterocycles. The number of nitriles is 1. The van der Waals surface area contributed by atoms with E-state index < -0.39 is 0 Å². The number of ether oxygens (including phenoxy) is 1. The minimum Gasteiger partial charge on any atom is -0.477 e. The fourth-order valence-corrected chi connectivity index (χ4v) is 2.97. The molecule has 0 amide bonds. The normalized spacial score (nSPS) is 9.77. The minimum absolute atomic E-state index is 0.347. The summed E-state index contributed by atoms with van der Waals surface area (Å²) >= 11 is 3.43. The molecular formula is C24H19BrN4O. The van der Waals surface area contributed by atoms with Gasteiger partial charge in [0.05, 0.1) is 12.3 Å². The smallest absolute Gasteiger partial charge is 0.232 e. The van der Waals surface area contributed by atoms with Crippen molar-refractivity contribution < 1.29 is 4.74 Å². The number of benzene rings is 1. The number of nitrogens with zero attached hydrogens (tertiary/aromatic N) is 4. The van der Waals surface area contributed by atoms with Gasteiger partial charge in [-0.3, -0.25) is 9.97 Å². The van der Waals surface area contributed by atoms with E-state index in [9.17, 15) is 5.26 Å². The summed E-state index contributed by atoms with van der Waals surface area (Å²) in [7, 11) is 0. The quantitative estimate of drug-likeness (QED) is 0.379. The molecule has 6 heteroatoms. The molecule has 30 heavy (non-hydrogen) atoms. The summed E-state index contributed by atoms with van der Waals surface area (Å²) in [5, 5.41) is 9.59. The summed E-state index contributed by atoms with van der Waals surface area (Å²) in [6, 6.07) is 21.5. The van der Waals surface area contributed by atoms with Gasteiger partial charge in [-0.15, -0.1) is 0 Å². The number of rotatable bonds is 4. The van der Waals surface area contributed by atoms with E-state index in [-0.39, 0.29) is 0 Å². The highest BCUT2D eigenvalue weighted by Gasteiger charge is 2.16. The Hall–Kier alpha value is -3.56. The predicted molar refractivity (Wildman–Crippen MR) is 121 cm³/mol. The van der Waals surface area contributed by atoms with Crippen LogP contribution in [0.3, 0.4) is 0 Å². The monoisotopic (exact) mass is 458 g/mol. The van der Waals surface area contributed by atoms with Gasteiger partial charge in [-0.1, -0.05) is 40.2 Å². The van der Waals surface area contributed by atoms with E-state index in [0.717, 1.165) is 26.9 Å². The van der Waals surface area contributed by atoms with Gasteiger partial charge in [0.25, 0.3) is 0 Å². The first kappa shape index (κ1) is 21.2. The van der Waals surface area contributed by atoms with Crippen molar-refractivity contribution in [3.63, 3.8) is 0 Å². The fraction of sp³-hybridized carbons (Fsp3) is 0.0833. The van der Waals surface area contributed by atoms with E-state index >= 15 is 0 Å². The van der Waals surface area contributed by atoms with Crippen LogP contribution in [-0.4, -0.2) is 21.6 Å². The molecule has 1 aromatic carbocycles. The van der Waals surface area contributed by atoms with Gasteiger partial charge in [-0.25, -0.2) is 4.98 Å². The Kier molecular flexibility index (Phi) is 7.64. The van der Waals surface area contributed by atoms with Crippen LogP contribution in [0.5, 0.6) is 5.88 Å². The van der Waals surface area contributed by atoms with Crippen molar-refractivity contribution in [1.82, 2.24) is 15.0 Å². The molecule has 0 aliphatic rings. The first-order valence-corrected chi connectivity index (χ1v) is 10.1. The van der Waals surface area contributed by atoms with E-state index in [4.69, 9.17) is 4.74 Å². The Morgan fingerprint density at radius 2 is 1.67 bits per heavy atom. The van der Waals surface area contributed by atoms with Crippen LogP contribution in [-0.2, 0) is 0 Å². The summed E-state index contributed by atoms with van der Waals surface area (Å²) in [5.74, 6) is 0.347. The molecule has 0 aliphatic carbocycles. The third kappa shape index (κ3) is 5.49. The molecule has 4 rings (SSSR count). The third-order valence-electron chi connectivity index (χ3n) is 4.06. The lowest BCUT2D eigenvalue weighted by atomic mass is 10.00. The number of hydrogen-bond acceptors (Lipinski definition) is 5. The molecule has 3 heterocycles. The van der Waals surface area contributed by atoms with Crippen LogP contribution in [0.4, 0.5) is 0 Å². The molecule has 4 aromatic rings. The molecular weight excluding hydrogens is 440 g/mol. The molecule has 3 aromatic heterocycles. The van der Waals surface area contributed by atoms with Gasteiger partial charge in [-0.05, 0) is 43.3 Å². The van der Waals surface area contributed by atoms with Crippen LogP contribution < -0.4 is 4.74 Å². The zero-order valence-corrected chi connectivity index (χ0v) is 18.0. The molecule has 0 saturated heterocycles. The molecule has 0 N–H and O–H groups in total. The van der Waals surface area contributed by atoms with Gasteiger partial charge in [0.2, 0.25) is 5.88 Å². The summed E-state index contributed by atoms with van der Waals surface area (Å²) in [5.41, 5.74) is 3.75. The molecule has 0 unspecified atom stereocenters. The van der Waals surface area contributed by atoms with Crippen LogP contribution in [0.25, 0.3) is 22.4 Å². The van der Waals surface area contributed by atoms with Crippen LogP contribution in [0, 0.1) is 11.3 Å². The van der Waals surface area contributed by atoms with E-state index in [1.165, 1.54) is 0 Å². The molecule has 0 bridgehead atoms. The highest BCUT2D eigenvalue weighted by Crippen LogP contribution is 2.33. The van der Waals surface area contributed by atoms with Crippen LogP contribution in [0.15, 0.2) is 89.9 Å². The summed E-state index contributed by atoms with van der Waals surface area (Å²) in [6.07, 6.45) is 6.94. The Morgan fingerprint density at radius 3 is 2.20 bits per heavy atom. The van der Waals surface area contributed by atoms with Gasteiger partial charge in [0.15, 0.2) is 0 Å². The fourth-order valence-electron chi connectivity index (χ4n) is 2.70. The Labute approximate surface area is 184 Å². The van der Waals surface area contributed by atoms with E-state index in [2.05, 4.69) is 37.0 Å². The molecule has 0 atom stereocenters. The minimum atomic E-state index is 0.347. The first-order valence-electron chi connectivity index (χ1n) is 9.32. The standard InChI is InChI=1S/C19H14BrN3O.C5H5N/c1-2-24-19-17(11-21)16(14-4-3-9-22-12-14)10-18(23-19)13-5-7-15(20)8-6-13;1-2-4-6-5-3-1/h3-10,12H,2H2,1H3;1-5H. The number of aromatic nitrogens is 3. The highest BCUT2D eigenvalue weighted by atomic mass is 79.9. The van der Waals surface area contributed by atoms with E-state index in [1.54, 1.807) is 24.8 Å². The number of halogens is 1. The van der Waals surface area contributed by atoms with Crippen LogP contribution >= 0.6 is 15.9 Å². The van der Waals surface area contributed by atoms with Crippen molar-refractivity contribution in [3.05, 3.63) is 95.5 Å². The second-order valence-electron chi connectivity index (χ2n) is 6.05. The SMILES string of the molecule is CCOc1nc(-c2ccc(Br)cc2)cc(-c2cccnc2)c1C#N.c1ccncc1. The van der Waals surface area contributed by atoms with Gasteiger partial charge in [0.1, 0.15) is 11.6 Å². The number of hydrogen-bond donors (Lipinski definition) is 0. The van der Waals surface area contributed by atoms with Gasteiger partial charge < -0.3 is 4.74 Å². The molecule has 0 spiro atoms. The Morgan fingerprint density at radius 1 is 0.933 bits per heavy atom. The molecule has 5 nitrogen and oxygen atoms in total. The Balaban J connectivity index is 0.000000367. The molecule has 148 valence electrons. The highest BCUT2D eigenvalue weighted by molar-refractivity contribution is 9.10. The van der Waals surface area contributed by atoms with E-state index in [0.29, 0.717) is 18.1 Å². The largest absolute Gasteiger partial charge is 0.477 e. The van der Waals surface area contributed by atoms with Gasteiger partial charge in [-0.2, -0.15) is 5.26 Å². The average Bonchev–Trinajstić information content (AvgIpc) is 2.81. The van der Waals surface area contributed by atoms with Crippen molar-refractivity contribution >= 4 is 15.9 Å². The lowest BCUT2D eigenvalue weighted by molar-refractivity contribution is 0.326. The lowest BCUT2D eigenvalue weighted by Gasteiger charge is -2.12. The van der Waals surface area contributed by atoms with Gasteiger partial charge in [0, 0.05) is 46.0 Å². The first-order chi connectivity index (χ1) is 14.7. The van der Waals surface area contributed by atoms with Gasteiger partial charge >= 0.3 is 0 Å². The number of pyridine rings is 3. The van der Waals surface area contributed by atoms with Crippen molar-refractivity contribution in [1.29, 1.82) is 5.26 Å². The third-order valence-corrected chi connectivity index (χ3v) is 4.59. The topological polar surface area (TPSA) is 71.7 Å². The van der Waals surface area contributed by atoms with Crippen molar-refractivity contribution in [2.24, 2.45) is 0 Å². The second kappa shape index (κ2) is 10.8. The lowest BCUT2D eigenvalue weighted by Crippen LogP contribution is -2.01. The van der Waals surface area contributed by atoms with Crippen molar-refractivity contribution in [3.8, 4) is 34.3 Å². The second-order valence-corrected chi connectivity index (χ2v) is 6.97. The summed E-state index contributed by atoms with van der Waals surface area (Å²) < 4.78 is 6.61. The molecule has 0 radical (unpaired) electrons. The maximum absolute atomic E-state index is 9.59. The van der Waals surface area contributed by atoms with Crippen LogP contribution in [0.2, 0.25) is 0 Å². The summed E-state index contributed by atoms with van der Waals surface area (Å²) in [4.78, 5) is 12.5. The average molecular weight is 459 g/mol. The van der Waals surface area contributed by atoms with Crippen molar-refractivity contribution in [2.75, 3.05) is 6.61 Å². The predicted octanol–water partition coefficient (Wildman–Crippen LogP) is 5.93. The maximum atomic E-state index is 9.59. The zero-order valence-electron chi connectivity index (χ0n) is 16.4. The zero-order chi connectivity index (χ0) is 21.2. The molecule has 0 fully saturated rings. The van der Waals surface area contributed by atoms with E-state index in [1.807, 2.05) is 67.6 Å².